The van der Waals surface area contributed by atoms with Gasteiger partial charge in [0.15, 0.2) is 0 Å². The summed E-state index contributed by atoms with van der Waals surface area (Å²) < 4.78 is 5.18. The fourth-order valence-corrected chi connectivity index (χ4v) is 5.91. The largest absolute Gasteiger partial charge is 0.396 e. The summed E-state index contributed by atoms with van der Waals surface area (Å²) in [6.07, 6.45) is 10.0. The van der Waals surface area contributed by atoms with Gasteiger partial charge in [0, 0.05) is 12.6 Å². The van der Waals surface area contributed by atoms with Crippen molar-refractivity contribution in [3.63, 3.8) is 0 Å². The molecule has 0 spiro atoms. The lowest BCUT2D eigenvalue weighted by atomic mass is 9.48. The Morgan fingerprint density at radius 3 is 2.17 bits per heavy atom. The van der Waals surface area contributed by atoms with Crippen molar-refractivity contribution in [2.45, 2.75) is 45.4 Å². The van der Waals surface area contributed by atoms with Gasteiger partial charge < -0.3 is 15.2 Å². The van der Waals surface area contributed by atoms with Crippen LogP contribution in [-0.2, 0) is 9.53 Å². The summed E-state index contributed by atoms with van der Waals surface area (Å²) in [6.45, 7) is 3.84. The molecule has 1 aliphatic heterocycles. The highest BCUT2D eigenvalue weighted by Gasteiger charge is 2.51. The van der Waals surface area contributed by atoms with E-state index in [0.717, 1.165) is 17.8 Å². The van der Waals surface area contributed by atoms with Crippen LogP contribution in [0.25, 0.3) is 0 Å². The number of amides is 1. The number of carbonyl (C=O) groups is 1. The summed E-state index contributed by atoms with van der Waals surface area (Å²) in [5.41, 5.74) is 1.34. The molecule has 0 aromatic heterocycles. The van der Waals surface area contributed by atoms with E-state index in [-0.39, 0.29) is 17.9 Å². The molecule has 4 nitrogen and oxygen atoms in total. The molecule has 0 aromatic carbocycles. The number of hydrogen-bond donors (Lipinski definition) is 2. The van der Waals surface area contributed by atoms with Crippen molar-refractivity contribution in [2.24, 2.45) is 28.6 Å². The summed E-state index contributed by atoms with van der Waals surface area (Å²) in [6, 6.07) is 0. The van der Waals surface area contributed by atoms with Gasteiger partial charge in [-0.1, -0.05) is 5.57 Å². The standard InChI is InChI=1S/C19H29NO3/c1-13(2-17(22)20-9-18(10-21)11-23-12-18)19-6-14-3-15(7-19)5-16(4-14)8-19/h2,14-16,21H,3-12H2,1H3,(H,20,22). The van der Waals surface area contributed by atoms with E-state index >= 15 is 0 Å². The van der Waals surface area contributed by atoms with Crippen LogP contribution in [0.15, 0.2) is 11.6 Å². The molecule has 5 aliphatic rings. The van der Waals surface area contributed by atoms with E-state index in [4.69, 9.17) is 4.74 Å². The van der Waals surface area contributed by atoms with Gasteiger partial charge in [0.1, 0.15) is 0 Å². The molecule has 5 rings (SSSR count). The fraction of sp³-hybridized carbons (Fsp3) is 0.842. The smallest absolute Gasteiger partial charge is 0.243 e. The lowest BCUT2D eigenvalue weighted by Crippen LogP contribution is -2.53. The predicted molar refractivity (Wildman–Crippen MR) is 87.7 cm³/mol. The predicted octanol–water partition coefficient (Wildman–Crippen LogP) is 2.27. The summed E-state index contributed by atoms with van der Waals surface area (Å²) in [5, 5.41) is 12.4. The minimum Gasteiger partial charge on any atom is -0.396 e. The minimum absolute atomic E-state index is 0.00188. The summed E-state index contributed by atoms with van der Waals surface area (Å²) in [4.78, 5) is 12.3. The van der Waals surface area contributed by atoms with E-state index in [1.807, 2.05) is 6.08 Å². The van der Waals surface area contributed by atoms with Crippen LogP contribution >= 0.6 is 0 Å². The Kier molecular flexibility index (Phi) is 3.80. The molecule has 5 fully saturated rings. The van der Waals surface area contributed by atoms with Crippen LogP contribution in [0.4, 0.5) is 0 Å². The highest BCUT2D eigenvalue weighted by atomic mass is 16.5. The number of nitrogens with one attached hydrogen (secondary N) is 1. The lowest BCUT2D eigenvalue weighted by molar-refractivity contribution is -0.139. The highest BCUT2D eigenvalue weighted by Crippen LogP contribution is 2.62. The molecule has 0 unspecified atom stereocenters. The maximum Gasteiger partial charge on any atom is 0.243 e. The number of rotatable bonds is 5. The van der Waals surface area contributed by atoms with Crippen LogP contribution in [0.2, 0.25) is 0 Å². The first kappa shape index (κ1) is 15.6. The zero-order valence-electron chi connectivity index (χ0n) is 14.1. The van der Waals surface area contributed by atoms with E-state index < -0.39 is 0 Å². The van der Waals surface area contributed by atoms with Crippen molar-refractivity contribution in [3.8, 4) is 0 Å². The van der Waals surface area contributed by atoms with Crippen LogP contribution in [0.1, 0.15) is 45.4 Å². The van der Waals surface area contributed by atoms with Crippen molar-refractivity contribution in [1.82, 2.24) is 5.32 Å². The van der Waals surface area contributed by atoms with Gasteiger partial charge in [-0.05, 0) is 68.6 Å². The molecule has 4 bridgehead atoms. The van der Waals surface area contributed by atoms with Gasteiger partial charge in [0.25, 0.3) is 0 Å². The Bertz CT molecular complexity index is 480. The number of carbonyl (C=O) groups excluding carboxylic acids is 1. The third kappa shape index (κ3) is 2.74. The first-order valence-electron chi connectivity index (χ1n) is 9.18. The molecule has 1 saturated heterocycles. The monoisotopic (exact) mass is 319 g/mol. The lowest BCUT2D eigenvalue weighted by Gasteiger charge is -2.57. The molecule has 1 heterocycles. The molecule has 0 atom stereocenters. The average molecular weight is 319 g/mol. The molecule has 0 aromatic rings. The van der Waals surface area contributed by atoms with Crippen LogP contribution in [-0.4, -0.2) is 37.4 Å². The molecular weight excluding hydrogens is 290 g/mol. The van der Waals surface area contributed by atoms with Crippen LogP contribution < -0.4 is 5.32 Å². The molecule has 4 saturated carbocycles. The Labute approximate surface area is 138 Å². The van der Waals surface area contributed by atoms with Crippen molar-refractivity contribution < 1.29 is 14.6 Å². The van der Waals surface area contributed by atoms with Gasteiger partial charge in [-0.3, -0.25) is 4.79 Å². The molecule has 4 aliphatic carbocycles. The van der Waals surface area contributed by atoms with E-state index in [0.29, 0.717) is 25.2 Å². The van der Waals surface area contributed by atoms with Gasteiger partial charge in [-0.25, -0.2) is 0 Å². The first-order valence-corrected chi connectivity index (χ1v) is 9.18. The number of aliphatic hydroxyl groups excluding tert-OH is 1. The zero-order valence-corrected chi connectivity index (χ0v) is 14.1. The van der Waals surface area contributed by atoms with Crippen molar-refractivity contribution in [1.29, 1.82) is 0 Å². The second kappa shape index (κ2) is 5.59. The second-order valence-electron chi connectivity index (χ2n) is 8.89. The van der Waals surface area contributed by atoms with Gasteiger partial charge in [0.05, 0.1) is 25.2 Å². The summed E-state index contributed by atoms with van der Waals surface area (Å²) in [7, 11) is 0. The Balaban J connectivity index is 1.41. The molecule has 2 N–H and O–H groups in total. The second-order valence-corrected chi connectivity index (χ2v) is 8.89. The van der Waals surface area contributed by atoms with Crippen LogP contribution in [0.3, 0.4) is 0 Å². The van der Waals surface area contributed by atoms with Crippen LogP contribution in [0.5, 0.6) is 0 Å². The number of allylic oxidation sites excluding steroid dienone is 1. The van der Waals surface area contributed by atoms with Gasteiger partial charge in [-0.2, -0.15) is 0 Å². The Hall–Kier alpha value is -0.870. The maximum absolute atomic E-state index is 12.3. The summed E-state index contributed by atoms with van der Waals surface area (Å²) >= 11 is 0. The molecular formula is C19H29NO3. The third-order valence-electron chi connectivity index (χ3n) is 7.01. The SMILES string of the molecule is CC(=CC(=O)NCC1(CO)COC1)C12CC3CC(CC(C3)C1)C2. The quantitative estimate of drug-likeness (QED) is 0.764. The first-order chi connectivity index (χ1) is 11.0. The van der Waals surface area contributed by atoms with E-state index in [1.165, 1.54) is 44.1 Å². The average Bonchev–Trinajstić information content (AvgIpc) is 2.45. The number of aliphatic hydroxyl groups is 1. The topological polar surface area (TPSA) is 58.6 Å². The van der Waals surface area contributed by atoms with E-state index in [9.17, 15) is 9.90 Å². The van der Waals surface area contributed by atoms with Gasteiger partial charge in [0.2, 0.25) is 5.91 Å². The fourth-order valence-electron chi connectivity index (χ4n) is 5.91. The number of ether oxygens (including phenoxy) is 1. The third-order valence-corrected chi connectivity index (χ3v) is 7.01. The molecule has 23 heavy (non-hydrogen) atoms. The zero-order chi connectivity index (χ0) is 16.1. The molecule has 128 valence electrons. The van der Waals surface area contributed by atoms with Crippen molar-refractivity contribution in [3.05, 3.63) is 11.6 Å². The van der Waals surface area contributed by atoms with Crippen molar-refractivity contribution in [2.75, 3.05) is 26.4 Å². The Morgan fingerprint density at radius 2 is 1.74 bits per heavy atom. The van der Waals surface area contributed by atoms with Crippen LogP contribution in [0, 0.1) is 28.6 Å². The minimum atomic E-state index is -0.252. The molecule has 1 amide bonds. The Morgan fingerprint density at radius 1 is 1.17 bits per heavy atom. The van der Waals surface area contributed by atoms with Crippen molar-refractivity contribution >= 4 is 5.91 Å². The summed E-state index contributed by atoms with van der Waals surface area (Å²) in [5.74, 6) is 2.70. The van der Waals surface area contributed by atoms with E-state index in [1.54, 1.807) is 0 Å². The molecule has 0 radical (unpaired) electrons. The highest BCUT2D eigenvalue weighted by molar-refractivity contribution is 5.88. The molecule has 4 heteroatoms. The maximum atomic E-state index is 12.3. The normalized spacial score (nSPS) is 40.8. The number of hydrogen-bond acceptors (Lipinski definition) is 3. The van der Waals surface area contributed by atoms with E-state index in [2.05, 4.69) is 12.2 Å². The van der Waals surface area contributed by atoms with Gasteiger partial charge >= 0.3 is 0 Å². The van der Waals surface area contributed by atoms with Gasteiger partial charge in [-0.15, -0.1) is 0 Å².